The van der Waals surface area contributed by atoms with Crippen molar-refractivity contribution in [2.24, 2.45) is 0 Å². The second kappa shape index (κ2) is 5.99. The van der Waals surface area contributed by atoms with Gasteiger partial charge in [0.25, 0.3) is 0 Å². The molecule has 2 aromatic carbocycles. The van der Waals surface area contributed by atoms with Crippen LogP contribution in [0.15, 0.2) is 34.8 Å². The Balaban J connectivity index is 1.88. The molecule has 1 N–H and O–H groups in total. The average molecular weight is 368 g/mol. The Bertz CT molecular complexity index is 685. The van der Waals surface area contributed by atoms with Crippen LogP contribution in [0, 0.1) is 6.92 Å². The molecule has 0 bridgehead atoms. The highest BCUT2D eigenvalue weighted by Gasteiger charge is 2.20. The van der Waals surface area contributed by atoms with Crippen molar-refractivity contribution in [3.05, 3.63) is 62.1 Å². The Morgan fingerprint density at radius 2 is 2.14 bits per heavy atom. The van der Waals surface area contributed by atoms with E-state index in [0.717, 1.165) is 38.9 Å². The first-order chi connectivity index (χ1) is 10.0. The molecule has 0 aromatic heterocycles. The maximum Gasteiger partial charge on any atom is 0.126 e. The fraction of sp³-hybridized carbons (Fsp3) is 0.294. The van der Waals surface area contributed by atoms with E-state index in [9.17, 15) is 5.11 Å². The number of halogens is 2. The molecule has 1 aliphatic heterocycles. The van der Waals surface area contributed by atoms with E-state index in [1.807, 2.05) is 37.3 Å². The van der Waals surface area contributed by atoms with Gasteiger partial charge in [-0.3, -0.25) is 0 Å². The quantitative estimate of drug-likeness (QED) is 0.857. The van der Waals surface area contributed by atoms with Crippen molar-refractivity contribution < 1.29 is 9.84 Å². The molecule has 2 nitrogen and oxygen atoms in total. The van der Waals surface area contributed by atoms with Crippen LogP contribution >= 0.6 is 27.5 Å². The van der Waals surface area contributed by atoms with Gasteiger partial charge in [-0.15, -0.1) is 0 Å². The lowest BCUT2D eigenvalue weighted by molar-refractivity contribution is 0.177. The highest BCUT2D eigenvalue weighted by molar-refractivity contribution is 9.10. The molecule has 0 amide bonds. The van der Waals surface area contributed by atoms with E-state index in [4.69, 9.17) is 16.3 Å². The van der Waals surface area contributed by atoms with Crippen LogP contribution in [0.4, 0.5) is 0 Å². The maximum absolute atomic E-state index is 10.5. The predicted molar refractivity (Wildman–Crippen MR) is 88.2 cm³/mol. The monoisotopic (exact) mass is 366 g/mol. The zero-order chi connectivity index (χ0) is 15.0. The molecule has 1 aliphatic rings. The van der Waals surface area contributed by atoms with Crippen molar-refractivity contribution >= 4 is 27.5 Å². The Morgan fingerprint density at radius 3 is 2.90 bits per heavy atom. The van der Waals surface area contributed by atoms with Crippen LogP contribution in [0.25, 0.3) is 0 Å². The number of rotatable bonds is 3. The van der Waals surface area contributed by atoms with Gasteiger partial charge in [-0.25, -0.2) is 0 Å². The van der Waals surface area contributed by atoms with Crippen LogP contribution in [0.1, 0.15) is 28.4 Å². The molecule has 1 unspecified atom stereocenters. The first-order valence-electron chi connectivity index (χ1n) is 6.93. The molecular weight excluding hydrogens is 352 g/mol. The number of aliphatic hydroxyl groups is 1. The van der Waals surface area contributed by atoms with Crippen molar-refractivity contribution in [3.63, 3.8) is 0 Å². The highest BCUT2D eigenvalue weighted by Crippen LogP contribution is 2.35. The predicted octanol–water partition coefficient (Wildman–Crippen LogP) is 4.62. The van der Waals surface area contributed by atoms with Crippen LogP contribution in [-0.4, -0.2) is 11.7 Å². The fourth-order valence-electron chi connectivity index (χ4n) is 2.70. The first-order valence-corrected chi connectivity index (χ1v) is 8.10. The van der Waals surface area contributed by atoms with Gasteiger partial charge in [0.05, 0.1) is 12.7 Å². The summed E-state index contributed by atoms with van der Waals surface area (Å²) in [6.45, 7) is 2.71. The first kappa shape index (κ1) is 14.9. The summed E-state index contributed by atoms with van der Waals surface area (Å²) in [5, 5.41) is 11.2. The van der Waals surface area contributed by atoms with Crippen LogP contribution in [0.2, 0.25) is 5.02 Å². The largest absolute Gasteiger partial charge is 0.493 e. The van der Waals surface area contributed by atoms with Gasteiger partial charge in [-0.1, -0.05) is 39.7 Å². The summed E-state index contributed by atoms with van der Waals surface area (Å²) < 4.78 is 6.73. The zero-order valence-corrected chi connectivity index (χ0v) is 14.0. The second-order valence-corrected chi connectivity index (χ2v) is 6.67. The maximum atomic E-state index is 10.5. The third kappa shape index (κ3) is 3.10. The standard InChI is InChI=1S/C17H16BrClO2/c1-10-6-11(2-3-15(10)18)16(20)9-13-8-14(19)7-12-4-5-21-17(12)13/h2-3,6-8,16,20H,4-5,9H2,1H3. The SMILES string of the molecule is Cc1cc(C(O)Cc2cc(Cl)cc3c2OCC3)ccc1Br. The molecule has 0 radical (unpaired) electrons. The highest BCUT2D eigenvalue weighted by atomic mass is 79.9. The van der Waals surface area contributed by atoms with Gasteiger partial charge in [0.1, 0.15) is 5.75 Å². The molecule has 21 heavy (non-hydrogen) atoms. The van der Waals surface area contributed by atoms with Crippen molar-refractivity contribution in [2.75, 3.05) is 6.61 Å². The smallest absolute Gasteiger partial charge is 0.126 e. The van der Waals surface area contributed by atoms with Gasteiger partial charge >= 0.3 is 0 Å². The van der Waals surface area contributed by atoms with Gasteiger partial charge < -0.3 is 9.84 Å². The number of ether oxygens (including phenoxy) is 1. The number of aliphatic hydroxyl groups excluding tert-OH is 1. The van der Waals surface area contributed by atoms with Crippen molar-refractivity contribution in [3.8, 4) is 5.75 Å². The van der Waals surface area contributed by atoms with E-state index in [2.05, 4.69) is 15.9 Å². The Labute approximate surface area is 137 Å². The average Bonchev–Trinajstić information content (AvgIpc) is 2.90. The van der Waals surface area contributed by atoms with E-state index in [1.165, 1.54) is 0 Å². The Morgan fingerprint density at radius 1 is 1.33 bits per heavy atom. The molecule has 3 rings (SSSR count). The third-order valence-electron chi connectivity index (χ3n) is 3.81. The van der Waals surface area contributed by atoms with E-state index in [-0.39, 0.29) is 0 Å². The van der Waals surface area contributed by atoms with Crippen LogP contribution in [0.3, 0.4) is 0 Å². The van der Waals surface area contributed by atoms with Crippen LogP contribution in [-0.2, 0) is 12.8 Å². The summed E-state index contributed by atoms with van der Waals surface area (Å²) in [7, 11) is 0. The van der Waals surface area contributed by atoms with Crippen molar-refractivity contribution in [2.45, 2.75) is 25.9 Å². The molecule has 1 heterocycles. The minimum absolute atomic E-state index is 0.504. The Kier molecular flexibility index (Phi) is 4.25. The molecule has 0 saturated heterocycles. The number of hydrogen-bond donors (Lipinski definition) is 1. The Hall–Kier alpha value is -1.03. The third-order valence-corrected chi connectivity index (χ3v) is 4.91. The van der Waals surface area contributed by atoms with Crippen molar-refractivity contribution in [1.82, 2.24) is 0 Å². The lowest BCUT2D eigenvalue weighted by atomic mass is 9.98. The molecule has 0 saturated carbocycles. The summed E-state index contributed by atoms with van der Waals surface area (Å²) in [5.41, 5.74) is 4.13. The summed E-state index contributed by atoms with van der Waals surface area (Å²) in [4.78, 5) is 0. The molecule has 4 heteroatoms. The number of aryl methyl sites for hydroxylation is 1. The molecular formula is C17H16BrClO2. The van der Waals surface area contributed by atoms with Gasteiger partial charge in [-0.05, 0) is 47.4 Å². The molecule has 0 spiro atoms. The number of benzene rings is 2. The zero-order valence-electron chi connectivity index (χ0n) is 11.7. The lowest BCUT2D eigenvalue weighted by Gasteiger charge is -2.15. The van der Waals surface area contributed by atoms with Gasteiger partial charge in [-0.2, -0.15) is 0 Å². The molecule has 1 atom stereocenters. The summed E-state index contributed by atoms with van der Waals surface area (Å²) in [6, 6.07) is 9.74. The van der Waals surface area contributed by atoms with Crippen LogP contribution < -0.4 is 4.74 Å². The molecule has 2 aromatic rings. The lowest BCUT2D eigenvalue weighted by Crippen LogP contribution is -2.04. The second-order valence-electron chi connectivity index (χ2n) is 5.38. The van der Waals surface area contributed by atoms with E-state index >= 15 is 0 Å². The molecule has 110 valence electrons. The van der Waals surface area contributed by atoms with Crippen molar-refractivity contribution in [1.29, 1.82) is 0 Å². The molecule has 0 aliphatic carbocycles. The van der Waals surface area contributed by atoms with Gasteiger partial charge in [0, 0.05) is 22.3 Å². The van der Waals surface area contributed by atoms with E-state index in [1.54, 1.807) is 0 Å². The van der Waals surface area contributed by atoms with Gasteiger partial charge in [0.15, 0.2) is 0 Å². The van der Waals surface area contributed by atoms with E-state index in [0.29, 0.717) is 18.1 Å². The summed E-state index contributed by atoms with van der Waals surface area (Å²) in [6.07, 6.45) is 0.823. The summed E-state index contributed by atoms with van der Waals surface area (Å²) in [5.74, 6) is 0.896. The van der Waals surface area contributed by atoms with E-state index < -0.39 is 6.10 Å². The van der Waals surface area contributed by atoms with Gasteiger partial charge in [0.2, 0.25) is 0 Å². The number of hydrogen-bond acceptors (Lipinski definition) is 2. The minimum atomic E-state index is -0.566. The number of fused-ring (bicyclic) bond motifs is 1. The topological polar surface area (TPSA) is 29.5 Å². The van der Waals surface area contributed by atoms with Crippen LogP contribution in [0.5, 0.6) is 5.75 Å². The summed E-state index contributed by atoms with van der Waals surface area (Å²) >= 11 is 9.64. The molecule has 0 fully saturated rings. The normalized spacial score (nSPS) is 14.7. The minimum Gasteiger partial charge on any atom is -0.493 e. The fourth-order valence-corrected chi connectivity index (χ4v) is 3.21.